The Kier molecular flexibility index (Phi) is 6.19. The van der Waals surface area contributed by atoms with Crippen LogP contribution in [0.15, 0.2) is 18.2 Å². The van der Waals surface area contributed by atoms with Crippen molar-refractivity contribution in [1.82, 2.24) is 10.0 Å². The van der Waals surface area contributed by atoms with Crippen molar-refractivity contribution in [1.29, 1.82) is 0 Å². The molecular weight excluding hydrogens is 305 g/mol. The van der Waals surface area contributed by atoms with Crippen LogP contribution < -0.4 is 14.9 Å². The zero-order valence-corrected chi connectivity index (χ0v) is 12.9. The highest BCUT2D eigenvalue weighted by molar-refractivity contribution is 7.88. The van der Waals surface area contributed by atoms with Gasteiger partial charge in [-0.3, -0.25) is 0 Å². The van der Waals surface area contributed by atoms with Crippen molar-refractivity contribution in [3.05, 3.63) is 29.6 Å². The summed E-state index contributed by atoms with van der Waals surface area (Å²) in [7, 11) is -3.26. The molecule has 0 unspecified atom stereocenters. The lowest BCUT2D eigenvalue weighted by Gasteiger charge is -2.29. The minimum Gasteiger partial charge on any atom is -0.367 e. The number of benzene rings is 1. The highest BCUT2D eigenvalue weighted by Gasteiger charge is 2.14. The average molecular weight is 324 g/mol. The van der Waals surface area contributed by atoms with Crippen LogP contribution in [0.5, 0.6) is 0 Å². The van der Waals surface area contributed by atoms with E-state index >= 15 is 0 Å². The molecule has 0 aliphatic carbocycles. The van der Waals surface area contributed by atoms with Crippen molar-refractivity contribution in [2.75, 3.05) is 37.3 Å². The number of anilines is 1. The second-order valence-corrected chi connectivity index (χ2v) is 6.45. The lowest BCUT2D eigenvalue weighted by atomic mass is 10.1. The van der Waals surface area contributed by atoms with Gasteiger partial charge in [0, 0.05) is 32.7 Å². The lowest BCUT2D eigenvalue weighted by molar-refractivity contribution is 0.565. The molecule has 0 atom stereocenters. The fourth-order valence-electron chi connectivity index (χ4n) is 2.04. The van der Waals surface area contributed by atoms with E-state index in [-0.39, 0.29) is 24.8 Å². The highest BCUT2D eigenvalue weighted by atomic mass is 35.5. The number of piperazine rings is 1. The maximum absolute atomic E-state index is 14.0. The fourth-order valence-corrected chi connectivity index (χ4v) is 2.47. The second-order valence-electron chi connectivity index (χ2n) is 4.62. The summed E-state index contributed by atoms with van der Waals surface area (Å²) in [5, 5.41) is 3.21. The molecule has 0 bridgehead atoms. The van der Waals surface area contributed by atoms with Crippen molar-refractivity contribution < 1.29 is 12.8 Å². The molecule has 1 aliphatic rings. The molecular formula is C12H19ClFN3O2S. The van der Waals surface area contributed by atoms with Crippen molar-refractivity contribution >= 4 is 28.1 Å². The molecule has 114 valence electrons. The van der Waals surface area contributed by atoms with Crippen LogP contribution in [0.3, 0.4) is 0 Å². The van der Waals surface area contributed by atoms with Crippen molar-refractivity contribution in [2.45, 2.75) is 6.54 Å². The molecule has 1 aromatic rings. The van der Waals surface area contributed by atoms with Gasteiger partial charge < -0.3 is 10.2 Å². The number of hydrogen-bond acceptors (Lipinski definition) is 4. The normalized spacial score (nSPS) is 15.8. The summed E-state index contributed by atoms with van der Waals surface area (Å²) in [5.41, 5.74) is 1.19. The van der Waals surface area contributed by atoms with Crippen LogP contribution in [0.2, 0.25) is 0 Å². The van der Waals surface area contributed by atoms with Gasteiger partial charge in [0.1, 0.15) is 5.82 Å². The number of rotatable bonds is 4. The summed E-state index contributed by atoms with van der Waals surface area (Å²) in [6.07, 6.45) is 1.08. The van der Waals surface area contributed by atoms with Gasteiger partial charge in [0.15, 0.2) is 0 Å². The van der Waals surface area contributed by atoms with Gasteiger partial charge in [0.25, 0.3) is 0 Å². The highest BCUT2D eigenvalue weighted by Crippen LogP contribution is 2.21. The Morgan fingerprint density at radius 1 is 1.35 bits per heavy atom. The van der Waals surface area contributed by atoms with Crippen LogP contribution in [-0.2, 0) is 16.6 Å². The Balaban J connectivity index is 0.00000200. The van der Waals surface area contributed by atoms with Gasteiger partial charge >= 0.3 is 0 Å². The predicted molar refractivity (Wildman–Crippen MR) is 80.4 cm³/mol. The molecule has 20 heavy (non-hydrogen) atoms. The first-order valence-corrected chi connectivity index (χ1v) is 8.03. The third-order valence-corrected chi connectivity index (χ3v) is 3.68. The Hall–Kier alpha value is -0.890. The Labute approximate surface area is 125 Å². The van der Waals surface area contributed by atoms with Gasteiger partial charge in [0.05, 0.1) is 11.9 Å². The van der Waals surface area contributed by atoms with E-state index < -0.39 is 10.0 Å². The van der Waals surface area contributed by atoms with Crippen LogP contribution >= 0.6 is 12.4 Å². The van der Waals surface area contributed by atoms with Crippen LogP contribution in [0.4, 0.5) is 10.1 Å². The summed E-state index contributed by atoms with van der Waals surface area (Å²) in [6, 6.07) is 4.84. The lowest BCUT2D eigenvalue weighted by Crippen LogP contribution is -2.43. The van der Waals surface area contributed by atoms with Gasteiger partial charge in [-0.1, -0.05) is 6.07 Å². The Bertz CT molecular complexity index is 548. The predicted octanol–water partition coefficient (Wildman–Crippen LogP) is 0.706. The average Bonchev–Trinajstić information content (AvgIpc) is 2.37. The zero-order chi connectivity index (χ0) is 13.9. The third kappa shape index (κ3) is 4.90. The quantitative estimate of drug-likeness (QED) is 0.856. The molecule has 5 nitrogen and oxygen atoms in total. The standard InChI is InChI=1S/C12H18FN3O2S.ClH/c1-19(17,18)15-9-10-2-3-12(11(13)8-10)16-6-4-14-5-7-16;/h2-3,8,14-15H,4-7,9H2,1H3;1H. The van der Waals surface area contributed by atoms with E-state index in [4.69, 9.17) is 0 Å². The number of sulfonamides is 1. The summed E-state index contributed by atoms with van der Waals surface area (Å²) in [4.78, 5) is 1.99. The monoisotopic (exact) mass is 323 g/mol. The van der Waals surface area contributed by atoms with E-state index in [0.717, 1.165) is 32.4 Å². The van der Waals surface area contributed by atoms with Crippen LogP contribution in [0.1, 0.15) is 5.56 Å². The van der Waals surface area contributed by atoms with E-state index in [1.807, 2.05) is 4.90 Å². The maximum atomic E-state index is 14.0. The van der Waals surface area contributed by atoms with Gasteiger partial charge in [-0.25, -0.2) is 17.5 Å². The molecule has 1 heterocycles. The van der Waals surface area contributed by atoms with Gasteiger partial charge in [-0.2, -0.15) is 0 Å². The summed E-state index contributed by atoms with van der Waals surface area (Å²) >= 11 is 0. The Morgan fingerprint density at radius 3 is 2.55 bits per heavy atom. The molecule has 8 heteroatoms. The SMILES string of the molecule is CS(=O)(=O)NCc1ccc(N2CCNCC2)c(F)c1.Cl. The van der Waals surface area contributed by atoms with Gasteiger partial charge in [-0.15, -0.1) is 12.4 Å². The third-order valence-electron chi connectivity index (χ3n) is 3.01. The minimum atomic E-state index is -3.26. The van der Waals surface area contributed by atoms with Crippen molar-refractivity contribution in [3.8, 4) is 0 Å². The summed E-state index contributed by atoms with van der Waals surface area (Å²) in [5.74, 6) is -0.310. The summed E-state index contributed by atoms with van der Waals surface area (Å²) in [6.45, 7) is 3.35. The first kappa shape index (κ1) is 17.2. The molecule has 0 amide bonds. The maximum Gasteiger partial charge on any atom is 0.209 e. The Morgan fingerprint density at radius 2 is 2.00 bits per heavy atom. The second kappa shape index (κ2) is 7.21. The zero-order valence-electron chi connectivity index (χ0n) is 11.2. The number of nitrogens with one attached hydrogen (secondary N) is 2. The van der Waals surface area contributed by atoms with E-state index in [1.54, 1.807) is 12.1 Å². The van der Waals surface area contributed by atoms with Gasteiger partial charge in [0.2, 0.25) is 10.0 Å². The van der Waals surface area contributed by atoms with E-state index in [1.165, 1.54) is 6.07 Å². The minimum absolute atomic E-state index is 0. The molecule has 0 saturated carbocycles. The van der Waals surface area contributed by atoms with E-state index in [2.05, 4.69) is 10.0 Å². The molecule has 2 rings (SSSR count). The first-order valence-electron chi connectivity index (χ1n) is 6.14. The van der Waals surface area contributed by atoms with Crippen molar-refractivity contribution in [3.63, 3.8) is 0 Å². The van der Waals surface area contributed by atoms with Crippen molar-refractivity contribution in [2.24, 2.45) is 0 Å². The molecule has 0 spiro atoms. The molecule has 1 aliphatic heterocycles. The summed E-state index contributed by atoms with van der Waals surface area (Å²) < 4.78 is 38.3. The van der Waals surface area contributed by atoms with Crippen LogP contribution in [-0.4, -0.2) is 40.9 Å². The topological polar surface area (TPSA) is 61.4 Å². The molecule has 1 fully saturated rings. The molecule has 0 radical (unpaired) electrons. The van der Waals surface area contributed by atoms with E-state index in [0.29, 0.717) is 11.3 Å². The smallest absolute Gasteiger partial charge is 0.209 e. The molecule has 0 aromatic heterocycles. The largest absolute Gasteiger partial charge is 0.367 e. The molecule has 1 saturated heterocycles. The van der Waals surface area contributed by atoms with E-state index in [9.17, 15) is 12.8 Å². The number of nitrogens with zero attached hydrogens (tertiary/aromatic N) is 1. The van der Waals surface area contributed by atoms with Crippen LogP contribution in [0.25, 0.3) is 0 Å². The molecule has 1 aromatic carbocycles. The van der Waals surface area contributed by atoms with Gasteiger partial charge in [-0.05, 0) is 17.7 Å². The van der Waals surface area contributed by atoms with Crippen LogP contribution in [0, 0.1) is 5.82 Å². The number of halogens is 2. The fraction of sp³-hybridized carbons (Fsp3) is 0.500. The molecule has 2 N–H and O–H groups in total. The first-order chi connectivity index (χ1) is 8.96. The number of hydrogen-bond donors (Lipinski definition) is 2.